The fourth-order valence-corrected chi connectivity index (χ4v) is 6.23. The zero-order valence-corrected chi connectivity index (χ0v) is 24.2. The average molecular weight is 533 g/mol. The van der Waals surface area contributed by atoms with Crippen molar-refractivity contribution >= 4 is 59.0 Å². The van der Waals surface area contributed by atoms with Gasteiger partial charge in [-0.2, -0.15) is 0 Å². The largest absolute Gasteiger partial charge is 0.310 e. The van der Waals surface area contributed by atoms with Gasteiger partial charge in [-0.25, -0.2) is 0 Å². The number of benzene rings is 5. The molecule has 0 bridgehead atoms. The van der Waals surface area contributed by atoms with Crippen molar-refractivity contribution in [3.05, 3.63) is 138 Å². The summed E-state index contributed by atoms with van der Waals surface area (Å²) in [6, 6.07) is 45.0. The van der Waals surface area contributed by atoms with Crippen LogP contribution in [-0.2, 0) is 0 Å². The van der Waals surface area contributed by atoms with Gasteiger partial charge in [-0.15, -0.1) is 0 Å². The number of rotatable bonds is 7. The highest BCUT2D eigenvalue weighted by Crippen LogP contribution is 2.40. The van der Waals surface area contributed by atoms with Gasteiger partial charge in [-0.05, 0) is 85.3 Å². The lowest BCUT2D eigenvalue weighted by Gasteiger charge is -2.30. The smallest absolute Gasteiger partial charge is 0.0775 e. The first-order valence-electron chi connectivity index (χ1n) is 13.0. The van der Waals surface area contributed by atoms with Crippen LogP contribution < -0.4 is 15.0 Å². The minimum absolute atomic E-state index is 0.732. The van der Waals surface area contributed by atoms with Crippen LogP contribution in [0.5, 0.6) is 0 Å². The molecule has 5 rings (SSSR count). The minimum Gasteiger partial charge on any atom is -0.310 e. The van der Waals surface area contributed by atoms with E-state index in [1.807, 2.05) is 12.1 Å². The molecule has 5 aromatic rings. The molecule has 0 N–H and O–H groups in total. The van der Waals surface area contributed by atoms with Gasteiger partial charge in [0.05, 0.1) is 8.07 Å². The Morgan fingerprint density at radius 1 is 0.474 bits per heavy atom. The molecule has 0 saturated carbocycles. The molecule has 38 heavy (non-hydrogen) atoms. The molecule has 0 radical (unpaired) electrons. The third-order valence-corrected chi connectivity index (χ3v) is 8.94. The maximum atomic E-state index is 6.57. The molecule has 5 aromatic carbocycles. The summed E-state index contributed by atoms with van der Waals surface area (Å²) in [6.45, 7) is 9.23. The van der Waals surface area contributed by atoms with Gasteiger partial charge in [0, 0.05) is 39.1 Å². The lowest BCUT2D eigenvalue weighted by Crippen LogP contribution is -2.37. The normalized spacial score (nSPS) is 11.3. The number of halogens is 1. The van der Waals surface area contributed by atoms with E-state index >= 15 is 0 Å². The number of anilines is 6. The Hall–Kier alpha value is -3.79. The summed E-state index contributed by atoms with van der Waals surface area (Å²) in [6.07, 6.45) is 0. The second kappa shape index (κ2) is 10.9. The molecule has 0 atom stereocenters. The summed E-state index contributed by atoms with van der Waals surface area (Å²) in [4.78, 5) is 4.59. The predicted molar refractivity (Wildman–Crippen MR) is 169 cm³/mol. The van der Waals surface area contributed by atoms with Crippen LogP contribution >= 0.6 is 11.6 Å². The number of hydrogen-bond donors (Lipinski definition) is 0. The Balaban J connectivity index is 1.66. The van der Waals surface area contributed by atoms with Crippen molar-refractivity contribution in [1.29, 1.82) is 0 Å². The van der Waals surface area contributed by atoms with Crippen molar-refractivity contribution < 1.29 is 0 Å². The van der Waals surface area contributed by atoms with Crippen LogP contribution in [0, 0.1) is 6.92 Å². The monoisotopic (exact) mass is 532 g/mol. The maximum absolute atomic E-state index is 6.57. The van der Waals surface area contributed by atoms with Gasteiger partial charge >= 0.3 is 0 Å². The summed E-state index contributed by atoms with van der Waals surface area (Å²) in [7, 11) is -1.41. The molecule has 0 aliphatic rings. The van der Waals surface area contributed by atoms with Crippen LogP contribution in [0.3, 0.4) is 0 Å². The Bertz CT molecular complexity index is 1450. The second-order valence-electron chi connectivity index (χ2n) is 10.6. The molecular formula is C34H33ClN2Si. The summed E-state index contributed by atoms with van der Waals surface area (Å²) >= 11 is 6.57. The maximum Gasteiger partial charge on any atom is 0.0775 e. The van der Waals surface area contributed by atoms with E-state index in [1.54, 1.807) is 0 Å². The molecule has 0 unspecified atom stereocenters. The lowest BCUT2D eigenvalue weighted by molar-refractivity contribution is 1.24. The summed E-state index contributed by atoms with van der Waals surface area (Å²) in [5.74, 6) is 0. The first-order chi connectivity index (χ1) is 18.3. The molecule has 0 amide bonds. The van der Waals surface area contributed by atoms with Gasteiger partial charge in [0.1, 0.15) is 0 Å². The van der Waals surface area contributed by atoms with E-state index in [1.165, 1.54) is 5.19 Å². The average Bonchev–Trinajstić information content (AvgIpc) is 2.90. The van der Waals surface area contributed by atoms with Gasteiger partial charge in [-0.3, -0.25) is 0 Å². The van der Waals surface area contributed by atoms with E-state index in [9.17, 15) is 0 Å². The van der Waals surface area contributed by atoms with Gasteiger partial charge in [-0.1, -0.05) is 91.0 Å². The molecular weight excluding hydrogens is 500 g/mol. The molecule has 0 heterocycles. The highest BCUT2D eigenvalue weighted by atomic mass is 35.5. The number of nitrogens with zero attached hydrogens (tertiary/aromatic N) is 2. The van der Waals surface area contributed by atoms with Crippen molar-refractivity contribution in [3.63, 3.8) is 0 Å². The number of aryl methyl sites for hydroxylation is 1. The van der Waals surface area contributed by atoms with E-state index in [4.69, 9.17) is 11.6 Å². The molecule has 0 aliphatic carbocycles. The van der Waals surface area contributed by atoms with Crippen molar-refractivity contribution in [2.45, 2.75) is 26.6 Å². The Labute approximate surface area is 232 Å². The SMILES string of the molecule is Cc1cc(Cl)cc(N(c2ccc([Si](C)(C)C)cc2)c2cccc(N(c3ccccc3)c3ccccc3)c2)c1. The van der Waals surface area contributed by atoms with Crippen LogP contribution in [0.15, 0.2) is 127 Å². The third-order valence-electron chi connectivity index (χ3n) is 6.65. The quantitative estimate of drug-likeness (QED) is 0.192. The second-order valence-corrected chi connectivity index (χ2v) is 16.2. The Morgan fingerprint density at radius 3 is 1.45 bits per heavy atom. The van der Waals surface area contributed by atoms with Crippen LogP contribution in [0.1, 0.15) is 5.56 Å². The first kappa shape index (κ1) is 25.8. The lowest BCUT2D eigenvalue weighted by atomic mass is 10.1. The van der Waals surface area contributed by atoms with Gasteiger partial charge in [0.25, 0.3) is 0 Å². The van der Waals surface area contributed by atoms with Crippen molar-refractivity contribution in [3.8, 4) is 0 Å². The highest BCUT2D eigenvalue weighted by molar-refractivity contribution is 6.88. The number of para-hydroxylation sites is 2. The van der Waals surface area contributed by atoms with Crippen LogP contribution in [0.4, 0.5) is 34.1 Å². The molecule has 0 saturated heterocycles. The van der Waals surface area contributed by atoms with Crippen LogP contribution in [0.2, 0.25) is 24.7 Å². The molecule has 0 fully saturated rings. The molecule has 0 aliphatic heterocycles. The van der Waals surface area contributed by atoms with Crippen LogP contribution in [-0.4, -0.2) is 8.07 Å². The van der Waals surface area contributed by atoms with Crippen LogP contribution in [0.25, 0.3) is 0 Å². The Morgan fingerprint density at radius 2 is 0.947 bits per heavy atom. The molecule has 190 valence electrons. The standard InChI is InChI=1S/C34H33ClN2Si/c1-26-22-27(35)24-33(23-26)37(30-18-20-34(21-19-30)38(2,3)4)32-17-11-16-31(25-32)36(28-12-7-5-8-13-28)29-14-9-6-10-15-29/h5-25H,1-4H3. The summed E-state index contributed by atoms with van der Waals surface area (Å²) < 4.78 is 0. The topological polar surface area (TPSA) is 6.48 Å². The van der Waals surface area contributed by atoms with E-state index in [2.05, 4.69) is 152 Å². The zero-order chi connectivity index (χ0) is 26.7. The van der Waals surface area contributed by atoms with Crippen molar-refractivity contribution in [1.82, 2.24) is 0 Å². The molecule has 2 nitrogen and oxygen atoms in total. The van der Waals surface area contributed by atoms with E-state index in [0.29, 0.717) is 0 Å². The van der Waals surface area contributed by atoms with E-state index in [0.717, 1.165) is 44.7 Å². The fraction of sp³-hybridized carbons (Fsp3) is 0.118. The molecule has 0 aromatic heterocycles. The zero-order valence-electron chi connectivity index (χ0n) is 22.4. The molecule has 4 heteroatoms. The van der Waals surface area contributed by atoms with E-state index < -0.39 is 8.07 Å². The van der Waals surface area contributed by atoms with Gasteiger partial charge in [0.2, 0.25) is 0 Å². The predicted octanol–water partition coefficient (Wildman–Crippen LogP) is 10.1. The van der Waals surface area contributed by atoms with Gasteiger partial charge in [0.15, 0.2) is 0 Å². The summed E-state index contributed by atoms with van der Waals surface area (Å²) in [5.41, 5.74) is 7.66. The van der Waals surface area contributed by atoms with Crippen molar-refractivity contribution in [2.75, 3.05) is 9.80 Å². The molecule has 0 spiro atoms. The van der Waals surface area contributed by atoms with E-state index in [-0.39, 0.29) is 0 Å². The first-order valence-corrected chi connectivity index (χ1v) is 16.9. The fourth-order valence-electron chi connectivity index (χ4n) is 4.78. The Kier molecular flexibility index (Phi) is 7.41. The summed E-state index contributed by atoms with van der Waals surface area (Å²) in [5, 5.41) is 2.17. The van der Waals surface area contributed by atoms with Gasteiger partial charge < -0.3 is 9.80 Å². The number of hydrogen-bond acceptors (Lipinski definition) is 2. The third kappa shape index (κ3) is 5.70. The highest BCUT2D eigenvalue weighted by Gasteiger charge is 2.20. The van der Waals surface area contributed by atoms with Crippen molar-refractivity contribution in [2.24, 2.45) is 0 Å². The minimum atomic E-state index is -1.41.